The van der Waals surface area contributed by atoms with Gasteiger partial charge in [-0.1, -0.05) is 37.3 Å². The van der Waals surface area contributed by atoms with Crippen molar-refractivity contribution in [3.8, 4) is 0 Å². The van der Waals surface area contributed by atoms with Crippen LogP contribution in [0.1, 0.15) is 86.5 Å². The van der Waals surface area contributed by atoms with E-state index in [1.165, 1.54) is 10.9 Å². The lowest BCUT2D eigenvalue weighted by atomic mass is 9.83. The Morgan fingerprint density at radius 2 is 1.29 bits per heavy atom. The van der Waals surface area contributed by atoms with Crippen LogP contribution in [-0.2, 0) is 52.2 Å². The zero-order valence-corrected chi connectivity index (χ0v) is 30.0. The third-order valence-electron chi connectivity index (χ3n) is 7.71. The van der Waals surface area contributed by atoms with Gasteiger partial charge in [-0.15, -0.1) is 0 Å². The summed E-state index contributed by atoms with van der Waals surface area (Å²) in [6.07, 6.45) is -1.92. The summed E-state index contributed by atoms with van der Waals surface area (Å²) in [7, 11) is 0.454. The molecule has 2 saturated heterocycles. The Morgan fingerprint density at radius 3 is 1.77 bits per heavy atom. The van der Waals surface area contributed by atoms with Gasteiger partial charge in [0.2, 0.25) is 0 Å². The van der Waals surface area contributed by atoms with E-state index < -0.39 is 83.5 Å². The van der Waals surface area contributed by atoms with E-state index in [2.05, 4.69) is 0 Å². The largest absolute Gasteiger partial charge is 0.628 e. The van der Waals surface area contributed by atoms with E-state index in [0.29, 0.717) is 0 Å². The second-order valence-corrected chi connectivity index (χ2v) is 15.6. The first-order valence-corrected chi connectivity index (χ1v) is 16.2. The predicted octanol–water partition coefficient (Wildman–Crippen LogP) is 4.34. The summed E-state index contributed by atoms with van der Waals surface area (Å²) in [6.45, 7) is 17.1. The van der Waals surface area contributed by atoms with Gasteiger partial charge >= 0.3 is 37.0 Å². The van der Waals surface area contributed by atoms with Gasteiger partial charge in [0.25, 0.3) is 0 Å². The highest BCUT2D eigenvalue weighted by molar-refractivity contribution is 6.55. The number of carbonyl (C=O) groups excluding carboxylic acids is 5. The molecule has 3 rings (SSSR count). The van der Waals surface area contributed by atoms with Gasteiger partial charge < -0.3 is 28.3 Å². The molecule has 12 nitrogen and oxygen atoms in total. The van der Waals surface area contributed by atoms with E-state index in [-0.39, 0.29) is 19.7 Å². The lowest BCUT2D eigenvalue weighted by molar-refractivity contribution is -0.240. The van der Waals surface area contributed by atoms with Crippen molar-refractivity contribution >= 4 is 43.0 Å². The Balaban J connectivity index is 1.93. The second-order valence-electron chi connectivity index (χ2n) is 15.6. The summed E-state index contributed by atoms with van der Waals surface area (Å²) in [5.74, 6) is -1.51. The van der Waals surface area contributed by atoms with E-state index >= 15 is 0 Å². The molecule has 0 aliphatic carbocycles. The number of esters is 3. The third kappa shape index (κ3) is 10.6. The molecule has 2 fully saturated rings. The highest BCUT2D eigenvalue weighted by atomic mass is 16.6. The number of nitrogens with zero attached hydrogens (tertiary/aromatic N) is 1. The number of carbonyl (C=O) groups is 5. The molecule has 0 unspecified atom stereocenters. The molecule has 1 aromatic carbocycles. The predicted molar refractivity (Wildman–Crippen MR) is 177 cm³/mol. The van der Waals surface area contributed by atoms with Crippen LogP contribution in [0, 0.1) is 22.2 Å². The molecule has 5 atom stereocenters. The summed E-state index contributed by atoms with van der Waals surface area (Å²) in [6, 6.07) is 7.26. The molecule has 48 heavy (non-hydrogen) atoms. The maximum Gasteiger partial charge on any atom is 0.628 e. The third-order valence-corrected chi connectivity index (χ3v) is 7.71. The Labute approximate surface area is 283 Å². The summed E-state index contributed by atoms with van der Waals surface area (Å²) < 4.78 is 34.8. The quantitative estimate of drug-likeness (QED) is 0.231. The summed E-state index contributed by atoms with van der Waals surface area (Å²) in [4.78, 5) is 64.8. The fourth-order valence-corrected chi connectivity index (χ4v) is 4.80. The first-order valence-electron chi connectivity index (χ1n) is 16.2. The van der Waals surface area contributed by atoms with Crippen molar-refractivity contribution in [2.75, 3.05) is 26.7 Å². The molecule has 264 valence electrons. The highest BCUT2D eigenvalue weighted by Crippen LogP contribution is 2.41. The van der Waals surface area contributed by atoms with Crippen molar-refractivity contribution in [2.24, 2.45) is 22.2 Å². The van der Waals surface area contributed by atoms with Crippen molar-refractivity contribution in [1.82, 2.24) is 4.90 Å². The SMILES string of the molecule is C[C@H]1[C@@H](OC(=O)C(C)(C)C)[C@H](OC(=O)C(C)(C)C)[C@@H](COC(=O)C(C)(C)C)O[C@@H]1c1ccc(/C=C/B2OC(=O)CN(C)CC(=O)O2)cc1. The standard InChI is InChI=1S/C35H50BNO11/c1-21-27(23-14-12-22(13-15-23)16-17-36-47-25(38)18-37(11)19-26(39)48-36)44-24(20-43-30(40)33(2,3)4)29(46-32(42)35(8,9)10)28(21)45-31(41)34(5,6)7/h12-17,21,24,27-29H,18-20H2,1-11H3/b17-16+/t21-,24-,27+,28-,29-/m1/s1. The normalized spacial score (nSPS) is 24.6. The van der Waals surface area contributed by atoms with Crippen LogP contribution < -0.4 is 0 Å². The van der Waals surface area contributed by atoms with Crippen molar-refractivity contribution in [3.05, 3.63) is 41.4 Å². The molecule has 0 spiro atoms. The summed E-state index contributed by atoms with van der Waals surface area (Å²) in [5.41, 5.74) is -1.04. The average Bonchev–Trinajstić information content (AvgIpc) is 2.94. The van der Waals surface area contributed by atoms with Crippen LogP contribution in [-0.4, -0.2) is 86.9 Å². The van der Waals surface area contributed by atoms with Gasteiger partial charge in [-0.3, -0.25) is 28.9 Å². The lowest BCUT2D eigenvalue weighted by Crippen LogP contribution is -2.57. The number of benzene rings is 1. The molecule has 2 aliphatic rings. The minimum Gasteiger partial charge on any atom is -0.495 e. The molecule has 0 aromatic heterocycles. The lowest BCUT2D eigenvalue weighted by Gasteiger charge is -2.45. The second kappa shape index (κ2) is 15.2. The number of likely N-dealkylation sites (N-methyl/N-ethyl adjacent to an activating group) is 1. The molecule has 0 saturated carbocycles. The number of hydrogen-bond acceptors (Lipinski definition) is 12. The van der Waals surface area contributed by atoms with Gasteiger partial charge in [0, 0.05) is 5.92 Å². The van der Waals surface area contributed by atoms with Crippen LogP contribution in [0.3, 0.4) is 0 Å². The summed E-state index contributed by atoms with van der Waals surface area (Å²) in [5, 5.41) is 0. The van der Waals surface area contributed by atoms with Crippen LogP contribution >= 0.6 is 0 Å². The van der Waals surface area contributed by atoms with Crippen LogP contribution in [0.4, 0.5) is 0 Å². The van der Waals surface area contributed by atoms with E-state index in [0.717, 1.165) is 11.1 Å². The summed E-state index contributed by atoms with van der Waals surface area (Å²) >= 11 is 0. The molecular formula is C35H50BNO11. The molecule has 2 heterocycles. The molecule has 13 heteroatoms. The Morgan fingerprint density at radius 1 is 0.812 bits per heavy atom. The Bertz CT molecular complexity index is 1350. The van der Waals surface area contributed by atoms with Gasteiger partial charge in [-0.05, 0) is 86.5 Å². The van der Waals surface area contributed by atoms with Crippen molar-refractivity contribution in [1.29, 1.82) is 0 Å². The van der Waals surface area contributed by atoms with Crippen LogP contribution in [0.5, 0.6) is 0 Å². The topological polar surface area (TPSA) is 144 Å². The fourth-order valence-electron chi connectivity index (χ4n) is 4.80. The van der Waals surface area contributed by atoms with E-state index in [9.17, 15) is 24.0 Å². The zero-order valence-electron chi connectivity index (χ0n) is 30.0. The van der Waals surface area contributed by atoms with Crippen LogP contribution in [0.25, 0.3) is 6.08 Å². The monoisotopic (exact) mass is 671 g/mol. The number of ether oxygens (including phenoxy) is 4. The molecule has 1 aromatic rings. The molecule has 0 amide bonds. The van der Waals surface area contributed by atoms with E-state index in [1.807, 2.05) is 19.1 Å². The molecule has 2 aliphatic heterocycles. The molecule has 0 bridgehead atoms. The number of hydrogen-bond donors (Lipinski definition) is 0. The molecule has 0 N–H and O–H groups in total. The smallest absolute Gasteiger partial charge is 0.495 e. The average molecular weight is 672 g/mol. The van der Waals surface area contributed by atoms with Gasteiger partial charge in [-0.2, -0.15) is 0 Å². The van der Waals surface area contributed by atoms with Gasteiger partial charge in [0.05, 0.1) is 35.4 Å². The Hall–Kier alpha value is -3.71. The van der Waals surface area contributed by atoms with E-state index in [1.54, 1.807) is 87.6 Å². The first kappa shape index (κ1) is 38.7. The molecule has 0 radical (unpaired) electrons. The van der Waals surface area contributed by atoms with Gasteiger partial charge in [-0.25, -0.2) is 0 Å². The number of rotatable bonds is 7. The minimum absolute atomic E-state index is 0.0353. The zero-order chi connectivity index (χ0) is 36.2. The Kier molecular flexibility index (Phi) is 12.3. The maximum atomic E-state index is 13.2. The van der Waals surface area contributed by atoms with Crippen molar-refractivity contribution in [3.63, 3.8) is 0 Å². The highest BCUT2D eigenvalue weighted by Gasteiger charge is 2.50. The minimum atomic E-state index is -1.16. The maximum absolute atomic E-state index is 13.2. The fraction of sp³-hybridized carbons (Fsp3) is 0.629. The van der Waals surface area contributed by atoms with Gasteiger partial charge in [0.15, 0.2) is 6.10 Å². The van der Waals surface area contributed by atoms with Crippen LogP contribution in [0.15, 0.2) is 30.2 Å². The first-order chi connectivity index (χ1) is 22.1. The molecular weight excluding hydrogens is 621 g/mol. The van der Waals surface area contributed by atoms with Gasteiger partial charge in [0.1, 0.15) is 18.8 Å². The van der Waals surface area contributed by atoms with Crippen LogP contribution in [0.2, 0.25) is 0 Å². The van der Waals surface area contributed by atoms with E-state index in [4.69, 9.17) is 28.3 Å². The van der Waals surface area contributed by atoms with Crippen molar-refractivity contribution < 1.29 is 52.2 Å². The van der Waals surface area contributed by atoms with Crippen molar-refractivity contribution in [2.45, 2.75) is 93.7 Å².